The van der Waals surface area contributed by atoms with Crippen molar-refractivity contribution in [1.82, 2.24) is 9.55 Å². The molecule has 0 fully saturated rings. The third-order valence-electron chi connectivity index (χ3n) is 0.687. The van der Waals surface area contributed by atoms with Crippen molar-refractivity contribution in [2.75, 3.05) is 0 Å². The molecule has 0 bridgehead atoms. The van der Waals surface area contributed by atoms with E-state index in [1.54, 1.807) is 12.5 Å². The summed E-state index contributed by atoms with van der Waals surface area (Å²) >= 11 is 0. The van der Waals surface area contributed by atoms with Crippen LogP contribution in [0, 0.1) is 22.7 Å². The number of hydrogen-bond donors (Lipinski definition) is 0. The molecule has 0 aromatic carbocycles. The zero-order valence-corrected chi connectivity index (χ0v) is 5.52. The Bertz CT molecular complexity index is 224. The van der Waals surface area contributed by atoms with Crippen molar-refractivity contribution >= 4 is 0 Å². The lowest BCUT2D eigenvalue weighted by Gasteiger charge is -1.76. The quantitative estimate of drug-likeness (QED) is 0.517. The molecule has 0 atom stereocenters. The van der Waals surface area contributed by atoms with E-state index in [-0.39, 0.29) is 0 Å². The van der Waals surface area contributed by atoms with Crippen LogP contribution >= 0.6 is 0 Å². The maximum Gasteiger partial charge on any atom is 0.181 e. The molecule has 10 heavy (non-hydrogen) atoms. The van der Waals surface area contributed by atoms with E-state index in [0.717, 1.165) is 0 Å². The van der Waals surface area contributed by atoms with Crippen molar-refractivity contribution in [3.05, 3.63) is 18.7 Å². The first kappa shape index (κ1) is 8.19. The Morgan fingerprint density at radius 2 is 2.00 bits per heavy atom. The first-order valence-electron chi connectivity index (χ1n) is 2.51. The van der Waals surface area contributed by atoms with Gasteiger partial charge >= 0.3 is 0 Å². The molecule has 50 valence electrons. The molecule has 0 N–H and O–H groups in total. The van der Waals surface area contributed by atoms with E-state index < -0.39 is 0 Å². The van der Waals surface area contributed by atoms with Crippen molar-refractivity contribution in [2.45, 2.75) is 0 Å². The van der Waals surface area contributed by atoms with Gasteiger partial charge < -0.3 is 4.57 Å². The minimum absolute atomic E-state index is 1.24. The molecular formula is C6H6N4. The predicted molar refractivity (Wildman–Crippen MR) is 34.4 cm³/mol. The molecule has 0 amide bonds. The smallest absolute Gasteiger partial charge is 0.181 e. The van der Waals surface area contributed by atoms with Gasteiger partial charge in [0, 0.05) is 19.4 Å². The summed E-state index contributed by atoms with van der Waals surface area (Å²) in [4.78, 5) is 3.78. The van der Waals surface area contributed by atoms with Gasteiger partial charge in [-0.25, -0.2) is 4.98 Å². The van der Waals surface area contributed by atoms with Crippen molar-refractivity contribution in [3.63, 3.8) is 0 Å². The Balaban J connectivity index is 0.000000180. The summed E-state index contributed by atoms with van der Waals surface area (Å²) in [6.45, 7) is 0. The van der Waals surface area contributed by atoms with E-state index in [1.807, 2.05) is 17.8 Å². The van der Waals surface area contributed by atoms with Crippen LogP contribution in [0.1, 0.15) is 0 Å². The molecule has 0 spiro atoms. The second-order valence-corrected chi connectivity index (χ2v) is 1.45. The fourth-order valence-electron chi connectivity index (χ4n) is 0.326. The third kappa shape index (κ3) is 4.35. The molecule has 0 radical (unpaired) electrons. The number of hydrogen-bond acceptors (Lipinski definition) is 3. The fourth-order valence-corrected chi connectivity index (χ4v) is 0.326. The highest BCUT2D eigenvalue weighted by atomic mass is 15.0. The van der Waals surface area contributed by atoms with Crippen molar-refractivity contribution in [1.29, 1.82) is 10.5 Å². The fraction of sp³-hybridized carbons (Fsp3) is 0.167. The van der Waals surface area contributed by atoms with Crippen LogP contribution in [0.4, 0.5) is 0 Å². The molecule has 0 unspecified atom stereocenters. The summed E-state index contributed by atoms with van der Waals surface area (Å²) in [5.74, 6) is 0. The van der Waals surface area contributed by atoms with Crippen molar-refractivity contribution in [3.8, 4) is 12.1 Å². The van der Waals surface area contributed by atoms with Gasteiger partial charge in [0.15, 0.2) is 12.1 Å². The van der Waals surface area contributed by atoms with Gasteiger partial charge in [0.05, 0.1) is 6.33 Å². The van der Waals surface area contributed by atoms with E-state index >= 15 is 0 Å². The third-order valence-corrected chi connectivity index (χ3v) is 0.687. The molecule has 0 aliphatic heterocycles. The van der Waals surface area contributed by atoms with Crippen LogP contribution in [0.25, 0.3) is 0 Å². The zero-order chi connectivity index (χ0) is 7.82. The van der Waals surface area contributed by atoms with Crippen LogP contribution in [0.5, 0.6) is 0 Å². The number of nitrogens with zero attached hydrogens (tertiary/aromatic N) is 4. The monoisotopic (exact) mass is 134 g/mol. The SMILES string of the molecule is Cn1ccnc1.N#CC#N. The lowest BCUT2D eigenvalue weighted by atomic mass is 10.9. The van der Waals surface area contributed by atoms with Crippen LogP contribution in [0.3, 0.4) is 0 Å². The van der Waals surface area contributed by atoms with E-state index in [1.165, 1.54) is 12.1 Å². The summed E-state index contributed by atoms with van der Waals surface area (Å²) in [7, 11) is 1.94. The molecule has 1 rings (SSSR count). The molecule has 0 aliphatic rings. The minimum Gasteiger partial charge on any atom is -0.341 e. The second-order valence-electron chi connectivity index (χ2n) is 1.45. The highest BCUT2D eigenvalue weighted by molar-refractivity contribution is 4.99. The highest BCUT2D eigenvalue weighted by Gasteiger charge is 1.69. The largest absolute Gasteiger partial charge is 0.341 e. The summed E-state index contributed by atoms with van der Waals surface area (Å²) in [6.07, 6.45) is 5.39. The van der Waals surface area contributed by atoms with Crippen LogP contribution < -0.4 is 0 Å². The molecule has 4 nitrogen and oxygen atoms in total. The Morgan fingerprint density at radius 1 is 1.40 bits per heavy atom. The molecular weight excluding hydrogens is 128 g/mol. The summed E-state index contributed by atoms with van der Waals surface area (Å²) in [5.41, 5.74) is 0. The van der Waals surface area contributed by atoms with Crippen molar-refractivity contribution < 1.29 is 0 Å². The number of aryl methyl sites for hydroxylation is 1. The molecule has 1 aromatic rings. The van der Waals surface area contributed by atoms with Crippen molar-refractivity contribution in [2.24, 2.45) is 7.05 Å². The zero-order valence-electron chi connectivity index (χ0n) is 5.52. The molecule has 0 aliphatic carbocycles. The number of nitriles is 2. The Hall–Kier alpha value is -1.81. The summed E-state index contributed by atoms with van der Waals surface area (Å²) in [5, 5.41) is 14.5. The Morgan fingerprint density at radius 3 is 2.10 bits per heavy atom. The predicted octanol–water partition coefficient (Wildman–Crippen LogP) is 0.454. The van der Waals surface area contributed by atoms with Gasteiger partial charge in [-0.1, -0.05) is 0 Å². The molecule has 1 heterocycles. The average molecular weight is 134 g/mol. The van der Waals surface area contributed by atoms with Gasteiger partial charge in [0.1, 0.15) is 0 Å². The van der Waals surface area contributed by atoms with E-state index in [2.05, 4.69) is 4.98 Å². The van der Waals surface area contributed by atoms with Gasteiger partial charge in [-0.05, 0) is 0 Å². The lowest BCUT2D eigenvalue weighted by molar-refractivity contribution is 0.913. The van der Waals surface area contributed by atoms with Crippen LogP contribution in [0.2, 0.25) is 0 Å². The number of aromatic nitrogens is 2. The normalized spacial score (nSPS) is 6.30. The molecule has 0 saturated carbocycles. The maximum atomic E-state index is 7.26. The maximum absolute atomic E-state index is 7.26. The van der Waals surface area contributed by atoms with Crippen LogP contribution in [-0.4, -0.2) is 9.55 Å². The van der Waals surface area contributed by atoms with Gasteiger partial charge in [0.2, 0.25) is 0 Å². The molecule has 4 heteroatoms. The van der Waals surface area contributed by atoms with E-state index in [0.29, 0.717) is 0 Å². The highest BCUT2D eigenvalue weighted by Crippen LogP contribution is 1.73. The molecule has 1 aromatic heterocycles. The summed E-state index contributed by atoms with van der Waals surface area (Å²) in [6, 6.07) is 2.47. The summed E-state index contributed by atoms with van der Waals surface area (Å²) < 4.78 is 1.89. The van der Waals surface area contributed by atoms with Gasteiger partial charge in [0.25, 0.3) is 0 Å². The lowest BCUT2D eigenvalue weighted by Crippen LogP contribution is -1.76. The van der Waals surface area contributed by atoms with E-state index in [4.69, 9.17) is 10.5 Å². The first-order valence-corrected chi connectivity index (χ1v) is 2.51. The van der Waals surface area contributed by atoms with Gasteiger partial charge in [-0.15, -0.1) is 0 Å². The van der Waals surface area contributed by atoms with Gasteiger partial charge in [-0.3, -0.25) is 0 Å². The van der Waals surface area contributed by atoms with Gasteiger partial charge in [-0.2, -0.15) is 10.5 Å². The minimum atomic E-state index is 1.24. The average Bonchev–Trinajstić information content (AvgIpc) is 2.40. The molecule has 0 saturated heterocycles. The number of rotatable bonds is 0. The second kappa shape index (κ2) is 5.33. The first-order chi connectivity index (χ1) is 4.81. The van der Waals surface area contributed by atoms with Crippen LogP contribution in [0.15, 0.2) is 18.7 Å². The van der Waals surface area contributed by atoms with Crippen LogP contribution in [-0.2, 0) is 7.05 Å². The Kier molecular flexibility index (Phi) is 4.36. The standard InChI is InChI=1S/C4H6N2.C2N2/c1-6-3-2-5-4-6;3-1-2-4/h2-4H,1H3;. The Labute approximate surface area is 59.0 Å². The number of imidazole rings is 1. The topological polar surface area (TPSA) is 65.4 Å². The van der Waals surface area contributed by atoms with E-state index in [9.17, 15) is 0 Å².